The lowest BCUT2D eigenvalue weighted by Gasteiger charge is -2.07. The van der Waals surface area contributed by atoms with Crippen LogP contribution in [0.2, 0.25) is 0 Å². The second-order valence-electron chi connectivity index (χ2n) is 5.42. The van der Waals surface area contributed by atoms with Crippen molar-refractivity contribution in [1.29, 1.82) is 0 Å². The number of carbonyl (C=O) groups excluding carboxylic acids is 1. The van der Waals surface area contributed by atoms with Crippen LogP contribution in [-0.4, -0.2) is 20.9 Å². The Bertz CT molecular complexity index is 972. The highest BCUT2D eigenvalue weighted by Gasteiger charge is 2.16. The molecule has 2 aromatic heterocycles. The predicted molar refractivity (Wildman–Crippen MR) is 89.0 cm³/mol. The summed E-state index contributed by atoms with van der Waals surface area (Å²) >= 11 is 0. The van der Waals surface area contributed by atoms with Gasteiger partial charge in [0.15, 0.2) is 5.89 Å². The Hall–Kier alpha value is -3.22. The van der Waals surface area contributed by atoms with E-state index in [9.17, 15) is 9.59 Å². The number of anilines is 1. The van der Waals surface area contributed by atoms with E-state index >= 15 is 0 Å². The molecule has 7 nitrogen and oxygen atoms in total. The Morgan fingerprint density at radius 2 is 1.96 bits per heavy atom. The van der Waals surface area contributed by atoms with Crippen LogP contribution < -0.4 is 10.9 Å². The minimum atomic E-state index is -0.379. The Kier molecular flexibility index (Phi) is 3.99. The number of amides is 1. The molecule has 0 aliphatic carbocycles. The maximum absolute atomic E-state index is 12.3. The van der Waals surface area contributed by atoms with Crippen molar-refractivity contribution >= 4 is 11.6 Å². The van der Waals surface area contributed by atoms with E-state index in [-0.39, 0.29) is 17.2 Å². The van der Waals surface area contributed by atoms with Gasteiger partial charge in [-0.3, -0.25) is 9.59 Å². The number of aromatic nitrogens is 3. The zero-order valence-electron chi connectivity index (χ0n) is 13.5. The molecule has 0 aliphatic rings. The van der Waals surface area contributed by atoms with Crippen LogP contribution in [0.1, 0.15) is 27.8 Å². The first-order chi connectivity index (χ1) is 11.4. The van der Waals surface area contributed by atoms with E-state index in [4.69, 9.17) is 4.42 Å². The van der Waals surface area contributed by atoms with Crippen LogP contribution >= 0.6 is 0 Å². The molecule has 122 valence electrons. The van der Waals surface area contributed by atoms with Gasteiger partial charge in [-0.15, -0.1) is 0 Å². The van der Waals surface area contributed by atoms with Gasteiger partial charge in [0.2, 0.25) is 5.76 Å². The van der Waals surface area contributed by atoms with E-state index in [1.165, 1.54) is 6.07 Å². The number of aryl methyl sites for hydroxylation is 3. The van der Waals surface area contributed by atoms with E-state index < -0.39 is 0 Å². The third-order valence-corrected chi connectivity index (χ3v) is 3.37. The molecule has 0 aliphatic heterocycles. The second-order valence-corrected chi connectivity index (χ2v) is 5.42. The summed E-state index contributed by atoms with van der Waals surface area (Å²) in [5, 5.41) is 2.76. The van der Waals surface area contributed by atoms with Gasteiger partial charge in [0.25, 0.3) is 11.5 Å². The summed E-state index contributed by atoms with van der Waals surface area (Å²) < 4.78 is 5.31. The van der Waals surface area contributed by atoms with E-state index in [1.54, 1.807) is 45.0 Å². The SMILES string of the molecule is Cc1cc(=O)[nH]c(-c2cccc(NC(=O)c3oc(C)nc3C)c2)n1. The Balaban J connectivity index is 1.89. The van der Waals surface area contributed by atoms with Crippen molar-refractivity contribution in [3.63, 3.8) is 0 Å². The molecular formula is C17H16N4O3. The van der Waals surface area contributed by atoms with Crippen LogP contribution in [0.25, 0.3) is 11.4 Å². The van der Waals surface area contributed by atoms with Crippen molar-refractivity contribution in [2.45, 2.75) is 20.8 Å². The molecule has 0 radical (unpaired) electrons. The van der Waals surface area contributed by atoms with Crippen molar-refractivity contribution in [2.75, 3.05) is 5.32 Å². The highest BCUT2D eigenvalue weighted by atomic mass is 16.4. The lowest BCUT2D eigenvalue weighted by Crippen LogP contribution is -2.12. The largest absolute Gasteiger partial charge is 0.436 e. The Labute approximate surface area is 137 Å². The molecular weight excluding hydrogens is 308 g/mol. The molecule has 0 unspecified atom stereocenters. The number of H-pyrrole nitrogens is 1. The first-order valence-corrected chi connectivity index (χ1v) is 7.36. The number of nitrogens with zero attached hydrogens (tertiary/aromatic N) is 2. The molecule has 0 saturated heterocycles. The molecule has 0 saturated carbocycles. The maximum Gasteiger partial charge on any atom is 0.293 e. The number of carbonyl (C=O) groups is 1. The van der Waals surface area contributed by atoms with Crippen molar-refractivity contribution < 1.29 is 9.21 Å². The molecule has 3 aromatic rings. The molecule has 24 heavy (non-hydrogen) atoms. The fourth-order valence-corrected chi connectivity index (χ4v) is 2.39. The van der Waals surface area contributed by atoms with Gasteiger partial charge in [0.05, 0.1) is 5.69 Å². The minimum absolute atomic E-state index is 0.181. The van der Waals surface area contributed by atoms with Crippen LogP contribution in [0.5, 0.6) is 0 Å². The van der Waals surface area contributed by atoms with Crippen molar-refractivity contribution in [3.8, 4) is 11.4 Å². The number of benzene rings is 1. The summed E-state index contributed by atoms with van der Waals surface area (Å²) in [5.41, 5.74) is 2.19. The lowest BCUT2D eigenvalue weighted by molar-refractivity contribution is 0.0994. The molecule has 2 heterocycles. The Morgan fingerprint density at radius 1 is 1.17 bits per heavy atom. The maximum atomic E-state index is 12.3. The zero-order valence-corrected chi connectivity index (χ0v) is 13.5. The number of aromatic amines is 1. The van der Waals surface area contributed by atoms with Crippen LogP contribution in [0, 0.1) is 20.8 Å². The highest BCUT2D eigenvalue weighted by molar-refractivity contribution is 6.03. The molecule has 0 atom stereocenters. The van der Waals surface area contributed by atoms with Crippen LogP contribution in [0.3, 0.4) is 0 Å². The van der Waals surface area contributed by atoms with Crippen molar-refractivity contribution in [2.24, 2.45) is 0 Å². The summed E-state index contributed by atoms with van der Waals surface area (Å²) in [4.78, 5) is 34.9. The molecule has 0 fully saturated rings. The number of oxazole rings is 1. The summed E-state index contributed by atoms with van der Waals surface area (Å²) in [7, 11) is 0. The molecule has 3 rings (SSSR count). The molecule has 1 aromatic carbocycles. The standard InChI is InChI=1S/C17H16N4O3/c1-9-7-14(22)21-16(18-9)12-5-4-6-13(8-12)20-17(23)15-10(2)19-11(3)24-15/h4-8H,1-3H3,(H,20,23)(H,18,21,22). The van der Waals surface area contributed by atoms with Gasteiger partial charge in [-0.1, -0.05) is 12.1 Å². The quantitative estimate of drug-likeness (QED) is 0.771. The third-order valence-electron chi connectivity index (χ3n) is 3.37. The third kappa shape index (κ3) is 3.24. The van der Waals surface area contributed by atoms with Gasteiger partial charge >= 0.3 is 0 Å². The zero-order chi connectivity index (χ0) is 17.3. The van der Waals surface area contributed by atoms with Crippen LogP contribution in [0.4, 0.5) is 5.69 Å². The van der Waals surface area contributed by atoms with E-state index in [2.05, 4.69) is 20.3 Å². The monoisotopic (exact) mass is 324 g/mol. The van der Waals surface area contributed by atoms with E-state index in [1.807, 2.05) is 0 Å². The van der Waals surface area contributed by atoms with Gasteiger partial charge in [-0.2, -0.15) is 0 Å². The average Bonchev–Trinajstić information content (AvgIpc) is 2.85. The summed E-state index contributed by atoms with van der Waals surface area (Å²) in [6, 6.07) is 8.47. The Morgan fingerprint density at radius 3 is 2.62 bits per heavy atom. The van der Waals surface area contributed by atoms with Crippen LogP contribution in [-0.2, 0) is 0 Å². The lowest BCUT2D eigenvalue weighted by atomic mass is 10.2. The average molecular weight is 324 g/mol. The first kappa shape index (κ1) is 15.7. The number of hydrogen-bond donors (Lipinski definition) is 2. The summed E-state index contributed by atoms with van der Waals surface area (Å²) in [6.07, 6.45) is 0. The molecule has 0 bridgehead atoms. The number of hydrogen-bond acceptors (Lipinski definition) is 5. The smallest absolute Gasteiger partial charge is 0.293 e. The number of nitrogens with one attached hydrogen (secondary N) is 2. The normalized spacial score (nSPS) is 10.6. The van der Waals surface area contributed by atoms with Gasteiger partial charge in [-0.25, -0.2) is 9.97 Å². The fraction of sp³-hybridized carbons (Fsp3) is 0.176. The highest BCUT2D eigenvalue weighted by Crippen LogP contribution is 2.20. The summed E-state index contributed by atoms with van der Waals surface area (Å²) in [5.74, 6) is 0.687. The second kappa shape index (κ2) is 6.11. The van der Waals surface area contributed by atoms with Gasteiger partial charge in [0.1, 0.15) is 5.82 Å². The van der Waals surface area contributed by atoms with Crippen molar-refractivity contribution in [3.05, 3.63) is 63.7 Å². The first-order valence-electron chi connectivity index (χ1n) is 7.36. The summed E-state index contributed by atoms with van der Waals surface area (Å²) in [6.45, 7) is 5.15. The molecule has 0 spiro atoms. The van der Waals surface area contributed by atoms with Gasteiger partial charge in [-0.05, 0) is 26.0 Å². The molecule has 1 amide bonds. The topological polar surface area (TPSA) is 101 Å². The van der Waals surface area contributed by atoms with E-state index in [0.29, 0.717) is 34.4 Å². The van der Waals surface area contributed by atoms with Gasteiger partial charge in [0, 0.05) is 29.9 Å². The number of rotatable bonds is 3. The minimum Gasteiger partial charge on any atom is -0.436 e. The predicted octanol–water partition coefficient (Wildman–Crippen LogP) is 2.60. The molecule has 2 N–H and O–H groups in total. The van der Waals surface area contributed by atoms with Crippen molar-refractivity contribution in [1.82, 2.24) is 15.0 Å². The fourth-order valence-electron chi connectivity index (χ4n) is 2.39. The van der Waals surface area contributed by atoms with Crippen LogP contribution in [0.15, 0.2) is 39.5 Å². The van der Waals surface area contributed by atoms with Gasteiger partial charge < -0.3 is 14.7 Å². The van der Waals surface area contributed by atoms with E-state index in [0.717, 1.165) is 0 Å². The molecule has 7 heteroatoms.